The first kappa shape index (κ1) is 110. The predicted molar refractivity (Wildman–Crippen MR) is 577 cm³/mol. The summed E-state index contributed by atoms with van der Waals surface area (Å²) in [6, 6.07) is 64.4. The van der Waals surface area contributed by atoms with Crippen LogP contribution in [0.15, 0.2) is 276 Å². The molecule has 0 radical (unpaired) electrons. The van der Waals surface area contributed by atoms with Crippen molar-refractivity contribution in [2.75, 3.05) is 0 Å². The van der Waals surface area contributed by atoms with Crippen LogP contribution in [0, 0.1) is 36.5 Å². The number of Topliss-reactive ketones (excluding diaryl/α,β-unsaturated/α-hetero) is 5. The number of carboxylic acids is 5. The van der Waals surface area contributed by atoms with Crippen LogP contribution in [0.5, 0.6) is 0 Å². The number of carbonyl (C=O) groups excluding carboxylic acids is 5. The molecule has 0 amide bonds. The minimum absolute atomic E-state index is 0.00204. The van der Waals surface area contributed by atoms with E-state index in [1.165, 1.54) is 121 Å². The van der Waals surface area contributed by atoms with Gasteiger partial charge in [0.15, 0.2) is 25.8 Å². The summed E-state index contributed by atoms with van der Waals surface area (Å²) in [5.74, 6) is -7.70. The first-order valence-electron chi connectivity index (χ1n) is 48.1. The number of carboxylic acid groups (broad SMARTS) is 5. The van der Waals surface area contributed by atoms with Gasteiger partial charge in [-0.05, 0) is 187 Å². The Balaban J connectivity index is 0.000000161. The monoisotopic (exact) mass is 2030 g/mol. The van der Waals surface area contributed by atoms with E-state index in [1.807, 2.05) is 190 Å². The Morgan fingerprint density at radius 1 is 0.306 bits per heavy atom. The maximum absolute atomic E-state index is 12.8. The molecule has 5 aromatic heterocycles. The molecule has 144 heavy (non-hydrogen) atoms. The van der Waals surface area contributed by atoms with Crippen molar-refractivity contribution >= 4 is 171 Å². The summed E-state index contributed by atoms with van der Waals surface area (Å²) in [4.78, 5) is 142. The summed E-state index contributed by atoms with van der Waals surface area (Å²) in [5, 5.41) is 60.7. The number of aromatic nitrogens is 10. The van der Waals surface area contributed by atoms with Gasteiger partial charge in [-0.25, -0.2) is 24.9 Å². The fourth-order valence-electron chi connectivity index (χ4n) is 16.4. The summed E-state index contributed by atoms with van der Waals surface area (Å²) >= 11 is 6.82. The van der Waals surface area contributed by atoms with Crippen LogP contribution < -0.4 is 0 Å². The van der Waals surface area contributed by atoms with Gasteiger partial charge in [0.1, 0.15) is 28.9 Å². The Morgan fingerprint density at radius 3 is 0.889 bits per heavy atom. The highest BCUT2D eigenvalue weighted by molar-refractivity contribution is 8.02. The minimum Gasteiger partial charge on any atom is -0.481 e. The molecule has 25 nitrogen and oxygen atoms in total. The maximum atomic E-state index is 12.8. The molecule has 5 N–H and O–H groups in total. The van der Waals surface area contributed by atoms with Crippen molar-refractivity contribution in [1.82, 2.24) is 47.8 Å². The Kier molecular flexibility index (Phi) is 36.0. The molecule has 15 aromatic rings. The van der Waals surface area contributed by atoms with E-state index in [0.717, 1.165) is 66.9 Å². The molecule has 0 bridgehead atoms. The molecule has 5 unspecified atom stereocenters. The molecule has 0 saturated heterocycles. The quantitative estimate of drug-likeness (QED) is 0.0224. The fourth-order valence-corrected chi connectivity index (χ4v) is 21.6. The van der Waals surface area contributed by atoms with E-state index in [2.05, 4.69) is 174 Å². The van der Waals surface area contributed by atoms with E-state index in [4.69, 9.17) is 25.5 Å². The molecule has 1 aliphatic rings. The van der Waals surface area contributed by atoms with Crippen LogP contribution >= 0.6 is 58.8 Å². The van der Waals surface area contributed by atoms with Crippen LogP contribution in [-0.4, -0.2) is 156 Å². The Hall–Kier alpha value is -13.0. The molecule has 0 spiro atoms. The number of aryl methyl sites for hydroxylation is 2. The molecule has 5 atom stereocenters. The number of rotatable bonds is 38. The molecule has 1 fully saturated rings. The zero-order valence-corrected chi connectivity index (χ0v) is 88.8. The lowest BCUT2D eigenvalue weighted by Gasteiger charge is -2.24. The SMILES string of the molecule is CC(CC(=O)C(C)(C)Sc1nccn1-c1ccc(C(C)C)c2ccccc12)C(=O)O.CC(CC(=O)C(C)(C)Sc1nccn1-c1ccc(C2CC2)c2ccccc12)C(=O)O.CC(CC(=O)C(C)(C)Sc1nccn1-c1cccc2ccccc12)C(=O)O.CCc1ccc(-n2ccnc2SC(C)(C)C(=O)CC(C)C(=O)O)c2ccccc12.Cc1ccc(-n2ccnc2SC(C)(C)C(=O)CC(C)C(=O)O)c2ccccc12. The van der Waals surface area contributed by atoms with E-state index < -0.39 is 83.2 Å². The average Bonchev–Trinajstić information content (AvgIpc) is 1.65. The van der Waals surface area contributed by atoms with Crippen LogP contribution in [0.4, 0.5) is 0 Å². The number of imidazole rings is 5. The molecular formula is C114H126N10O15S5. The summed E-state index contributed by atoms with van der Waals surface area (Å²) < 4.78 is 6.08. The second-order valence-corrected chi connectivity index (χ2v) is 47.2. The number of aliphatic carboxylic acids is 5. The highest BCUT2D eigenvalue weighted by atomic mass is 32.2. The van der Waals surface area contributed by atoms with Gasteiger partial charge in [-0.1, -0.05) is 272 Å². The molecule has 752 valence electrons. The lowest BCUT2D eigenvalue weighted by molar-refractivity contribution is -0.143. The first-order valence-corrected chi connectivity index (χ1v) is 52.2. The summed E-state index contributed by atoms with van der Waals surface area (Å²) in [7, 11) is 0. The lowest BCUT2D eigenvalue weighted by atomic mass is 9.95. The summed E-state index contributed by atoms with van der Waals surface area (Å²) in [5.41, 5.74) is 10.3. The lowest BCUT2D eigenvalue weighted by Crippen LogP contribution is -2.31. The third-order valence-electron chi connectivity index (χ3n) is 25.8. The molecule has 1 aliphatic carbocycles. The maximum Gasteiger partial charge on any atom is 0.306 e. The van der Waals surface area contributed by atoms with Gasteiger partial charge >= 0.3 is 29.8 Å². The highest BCUT2D eigenvalue weighted by Crippen LogP contribution is 2.47. The van der Waals surface area contributed by atoms with Crippen LogP contribution in [0.2, 0.25) is 0 Å². The van der Waals surface area contributed by atoms with Gasteiger partial charge in [0.2, 0.25) is 0 Å². The smallest absolute Gasteiger partial charge is 0.306 e. The summed E-state index contributed by atoms with van der Waals surface area (Å²) in [6.07, 6.45) is 21.6. The van der Waals surface area contributed by atoms with E-state index >= 15 is 0 Å². The molecule has 1 saturated carbocycles. The van der Waals surface area contributed by atoms with Crippen molar-refractivity contribution in [1.29, 1.82) is 0 Å². The number of hydrogen-bond donors (Lipinski definition) is 5. The van der Waals surface area contributed by atoms with Crippen molar-refractivity contribution < 1.29 is 73.5 Å². The van der Waals surface area contributed by atoms with Gasteiger partial charge in [-0.3, -0.25) is 70.8 Å². The molecule has 16 rings (SSSR count). The fraction of sp³-hybridized carbons (Fsp3) is 0.342. The largest absolute Gasteiger partial charge is 0.481 e. The molecule has 30 heteroatoms. The van der Waals surface area contributed by atoms with Gasteiger partial charge < -0.3 is 25.5 Å². The second-order valence-electron chi connectivity index (χ2n) is 39.3. The number of ketones is 5. The molecule has 0 aliphatic heterocycles. The van der Waals surface area contributed by atoms with E-state index in [9.17, 15) is 47.9 Å². The van der Waals surface area contributed by atoms with Gasteiger partial charge in [0, 0.05) is 121 Å². The van der Waals surface area contributed by atoms with E-state index in [-0.39, 0.29) is 61.0 Å². The van der Waals surface area contributed by atoms with Gasteiger partial charge in [0.05, 0.1) is 81.8 Å². The third kappa shape index (κ3) is 26.6. The average molecular weight is 2040 g/mol. The first-order chi connectivity index (χ1) is 68.1. The third-order valence-corrected chi connectivity index (χ3v) is 31.9. The number of carbonyl (C=O) groups is 10. The van der Waals surface area contributed by atoms with Gasteiger partial charge in [-0.2, -0.15) is 0 Å². The van der Waals surface area contributed by atoms with E-state index in [0.29, 0.717) is 32.5 Å². The normalized spacial score (nSPS) is 13.4. The number of nitrogens with zero attached hydrogens (tertiary/aromatic N) is 10. The number of fused-ring (bicyclic) bond motifs is 5. The van der Waals surface area contributed by atoms with Crippen LogP contribution in [0.25, 0.3) is 82.3 Å². The highest BCUT2D eigenvalue weighted by Gasteiger charge is 2.40. The van der Waals surface area contributed by atoms with Crippen molar-refractivity contribution in [3.63, 3.8) is 0 Å². The van der Waals surface area contributed by atoms with Crippen molar-refractivity contribution in [2.24, 2.45) is 29.6 Å². The number of benzene rings is 10. The van der Waals surface area contributed by atoms with Crippen LogP contribution in [0.1, 0.15) is 204 Å². The zero-order valence-electron chi connectivity index (χ0n) is 84.7. The molecule has 5 heterocycles. The Bertz CT molecular complexity index is 7090. The molecule has 10 aromatic carbocycles. The number of hydrogen-bond acceptors (Lipinski definition) is 20. The Morgan fingerprint density at radius 2 is 0.562 bits per heavy atom. The van der Waals surface area contributed by atoms with Crippen LogP contribution in [-0.2, 0) is 54.4 Å². The van der Waals surface area contributed by atoms with Crippen molar-refractivity contribution in [2.45, 2.75) is 244 Å². The van der Waals surface area contributed by atoms with Gasteiger partial charge in [0.25, 0.3) is 0 Å². The number of thioether (sulfide) groups is 5. The standard InChI is InChI=1S/C24H26N2O3S.C24H28N2O3S.C23H26N2O3S.C22H24N2O3S.C21H22N2O3S/c1-15(22(28)29)14-21(27)24(2,3)30-23-25-12-13-26(23)20-11-10-17(16-8-9-16)18-6-4-5-7-19(18)20;1-15(2)17-10-11-20(19-9-7-6-8-18(17)19)26-13-12-25-23(26)30-24(4,5)21(27)14-16(3)22(28)29;1-5-16-10-11-19(18-9-7-6-8-17(16)18)25-13-12-24-22(25)29-23(3,4)20(26)14-15(2)21(27)28;1-14-9-10-18(17-8-6-5-7-16(14)17)24-12-11-23-21(24)28-22(3,4)19(25)13-15(2)20(26)27;1-14(19(25)26)13-18(24)21(2,3)27-20-22-11-12-23(20)17-10-6-8-15-7-4-5-9-16(15)17/h4-7,10-13,15-16H,8-9,14H2,1-3H3,(H,28,29);6-13,15-16H,14H2,1-5H3,(H,28,29);6-13,15H,5,14H2,1-4H3,(H,27,28);5-12,15H,13H2,1-4H3,(H,26,27);4-12,14H,13H2,1-3H3,(H,25,26). The molecular weight excluding hydrogens is 1910 g/mol. The van der Waals surface area contributed by atoms with Gasteiger partial charge in [-0.15, -0.1) is 0 Å². The van der Waals surface area contributed by atoms with Crippen molar-refractivity contribution in [3.05, 3.63) is 272 Å². The van der Waals surface area contributed by atoms with Crippen molar-refractivity contribution in [3.8, 4) is 28.4 Å². The van der Waals surface area contributed by atoms with Crippen LogP contribution in [0.3, 0.4) is 0 Å². The zero-order chi connectivity index (χ0) is 105. The summed E-state index contributed by atoms with van der Waals surface area (Å²) in [6.45, 7) is 34.6. The van der Waals surface area contributed by atoms with E-state index in [1.54, 1.807) is 65.6 Å². The topological polar surface area (TPSA) is 361 Å². The predicted octanol–water partition coefficient (Wildman–Crippen LogP) is 25.8. The minimum atomic E-state index is -0.957. The Labute approximate surface area is 861 Å². The second kappa shape index (κ2) is 47.2.